The van der Waals surface area contributed by atoms with Gasteiger partial charge in [-0.2, -0.15) is 0 Å². The van der Waals surface area contributed by atoms with Crippen LogP contribution in [0.15, 0.2) is 72.0 Å². The normalized spacial score (nSPS) is 15.1. The number of nitrogens with zero attached hydrogens (tertiary/aromatic N) is 4. The number of aromatic amines is 1. The van der Waals surface area contributed by atoms with Crippen molar-refractivity contribution >= 4 is 40.2 Å². The van der Waals surface area contributed by atoms with Crippen LogP contribution in [-0.2, 0) is 21.9 Å². The third-order valence-electron chi connectivity index (χ3n) is 5.63. The van der Waals surface area contributed by atoms with Gasteiger partial charge in [0.25, 0.3) is 0 Å². The zero-order valence-electron chi connectivity index (χ0n) is 19.3. The highest BCUT2D eigenvalue weighted by atomic mass is 32.2. The summed E-state index contributed by atoms with van der Waals surface area (Å²) >= 11 is 2.88. The first kappa shape index (κ1) is 24.0. The molecule has 2 N–H and O–H groups in total. The van der Waals surface area contributed by atoms with Crippen LogP contribution in [0.25, 0.3) is 11.4 Å². The van der Waals surface area contributed by atoms with E-state index >= 15 is 0 Å². The minimum atomic E-state index is -0.570. The number of anilines is 1. The Morgan fingerprint density at radius 2 is 1.92 bits per heavy atom. The Morgan fingerprint density at radius 3 is 2.72 bits per heavy atom. The number of thiazole rings is 1. The zero-order valence-corrected chi connectivity index (χ0v) is 20.9. The largest absolute Gasteiger partial charge is 0.445 e. The number of likely N-dealkylation sites (tertiary alicyclic amines) is 1. The highest BCUT2D eigenvalue weighted by molar-refractivity contribution is 7.98. The third kappa shape index (κ3) is 5.92. The molecule has 0 saturated carbocycles. The van der Waals surface area contributed by atoms with Gasteiger partial charge in [0.2, 0.25) is 11.1 Å². The van der Waals surface area contributed by atoms with E-state index in [-0.39, 0.29) is 12.5 Å². The molecule has 1 aliphatic rings. The number of rotatable bonds is 8. The molecule has 0 unspecified atom stereocenters. The lowest BCUT2D eigenvalue weighted by molar-refractivity contribution is -0.120. The lowest BCUT2D eigenvalue weighted by Crippen LogP contribution is -2.43. The summed E-state index contributed by atoms with van der Waals surface area (Å²) in [6.07, 6.45) is 2.60. The summed E-state index contributed by atoms with van der Waals surface area (Å²) in [6.45, 7) is 0.669. The standard InChI is InChI=1S/C25H24N6O3S2/c32-22(20-12-7-13-31(20)25(33)34-15-17-8-3-1-4-9-17)28-23-26-14-19(36-23)16-35-24-27-21(29-30-24)18-10-5-2-6-11-18/h1-6,8-11,14,20H,7,12-13,15-16H2,(H,26,28,32)(H,27,29,30)/t20-/m1/s1. The van der Waals surface area contributed by atoms with Gasteiger partial charge >= 0.3 is 6.09 Å². The van der Waals surface area contributed by atoms with Crippen LogP contribution in [0.5, 0.6) is 0 Å². The van der Waals surface area contributed by atoms with Gasteiger partial charge in [-0.25, -0.2) is 14.8 Å². The minimum Gasteiger partial charge on any atom is -0.445 e. The topological polar surface area (TPSA) is 113 Å². The van der Waals surface area contributed by atoms with Crippen LogP contribution in [0.2, 0.25) is 0 Å². The van der Waals surface area contributed by atoms with Gasteiger partial charge in [-0.05, 0) is 18.4 Å². The van der Waals surface area contributed by atoms with E-state index in [1.807, 2.05) is 60.7 Å². The molecule has 0 radical (unpaired) electrons. The lowest BCUT2D eigenvalue weighted by atomic mass is 10.2. The van der Waals surface area contributed by atoms with E-state index in [1.54, 1.807) is 6.20 Å². The number of thioether (sulfide) groups is 1. The first-order chi connectivity index (χ1) is 17.7. The maximum absolute atomic E-state index is 12.9. The van der Waals surface area contributed by atoms with Crippen molar-refractivity contribution in [2.45, 2.75) is 36.4 Å². The van der Waals surface area contributed by atoms with Gasteiger partial charge in [0.15, 0.2) is 11.0 Å². The second-order valence-electron chi connectivity index (χ2n) is 8.13. The van der Waals surface area contributed by atoms with Crippen molar-refractivity contribution in [3.05, 3.63) is 77.3 Å². The summed E-state index contributed by atoms with van der Waals surface area (Å²) < 4.78 is 5.43. The Balaban J connectivity index is 1.12. The number of carbonyl (C=O) groups excluding carboxylic acids is 2. The number of benzene rings is 2. The maximum Gasteiger partial charge on any atom is 0.410 e. The summed E-state index contributed by atoms with van der Waals surface area (Å²) in [5, 5.41) is 11.2. The van der Waals surface area contributed by atoms with Gasteiger partial charge in [-0.3, -0.25) is 14.8 Å². The number of H-pyrrole nitrogens is 1. The molecule has 0 spiro atoms. The molecule has 0 aliphatic carbocycles. The summed E-state index contributed by atoms with van der Waals surface area (Å²) in [7, 11) is 0. The number of nitrogens with one attached hydrogen (secondary N) is 2. The Labute approximate surface area is 216 Å². The minimum absolute atomic E-state index is 0.176. The summed E-state index contributed by atoms with van der Waals surface area (Å²) in [4.78, 5) is 36.8. The fourth-order valence-electron chi connectivity index (χ4n) is 3.85. The maximum atomic E-state index is 12.9. The molecule has 36 heavy (non-hydrogen) atoms. The average molecular weight is 521 g/mol. The smallest absolute Gasteiger partial charge is 0.410 e. The van der Waals surface area contributed by atoms with Crippen LogP contribution < -0.4 is 5.32 Å². The molecule has 2 amide bonds. The van der Waals surface area contributed by atoms with E-state index in [1.165, 1.54) is 28.0 Å². The highest BCUT2D eigenvalue weighted by Crippen LogP contribution is 2.28. The Hall–Kier alpha value is -3.70. The van der Waals surface area contributed by atoms with Crippen molar-refractivity contribution in [1.82, 2.24) is 25.1 Å². The summed E-state index contributed by atoms with van der Waals surface area (Å²) in [5.41, 5.74) is 1.88. The predicted molar refractivity (Wildman–Crippen MR) is 138 cm³/mol. The van der Waals surface area contributed by atoms with Crippen LogP contribution in [0, 0.1) is 0 Å². The molecule has 11 heteroatoms. The molecule has 3 heterocycles. The number of hydrogen-bond donors (Lipinski definition) is 2. The fourth-order valence-corrected chi connectivity index (χ4v) is 5.49. The van der Waals surface area contributed by atoms with Crippen LogP contribution in [0.4, 0.5) is 9.93 Å². The fraction of sp³-hybridized carbons (Fsp3) is 0.240. The predicted octanol–water partition coefficient (Wildman–Crippen LogP) is 4.96. The van der Waals surface area contributed by atoms with Gasteiger partial charge < -0.3 is 10.1 Å². The van der Waals surface area contributed by atoms with Crippen LogP contribution in [-0.4, -0.2) is 49.7 Å². The number of hydrogen-bond acceptors (Lipinski definition) is 8. The van der Waals surface area contributed by atoms with E-state index in [2.05, 4.69) is 25.5 Å². The molecule has 2 aromatic heterocycles. The van der Waals surface area contributed by atoms with E-state index < -0.39 is 12.1 Å². The molecule has 1 aliphatic heterocycles. The van der Waals surface area contributed by atoms with Crippen molar-refractivity contribution < 1.29 is 14.3 Å². The van der Waals surface area contributed by atoms with Crippen molar-refractivity contribution in [2.75, 3.05) is 11.9 Å². The first-order valence-corrected chi connectivity index (χ1v) is 13.3. The molecular formula is C25H24N6O3S2. The van der Waals surface area contributed by atoms with Crippen LogP contribution >= 0.6 is 23.1 Å². The molecular weight excluding hydrogens is 496 g/mol. The molecule has 184 valence electrons. The van der Waals surface area contributed by atoms with Gasteiger partial charge in [0.05, 0.1) is 0 Å². The highest BCUT2D eigenvalue weighted by Gasteiger charge is 2.35. The first-order valence-electron chi connectivity index (χ1n) is 11.5. The Morgan fingerprint density at radius 1 is 1.14 bits per heavy atom. The van der Waals surface area contributed by atoms with Gasteiger partial charge in [0.1, 0.15) is 12.6 Å². The van der Waals surface area contributed by atoms with Crippen molar-refractivity contribution in [2.24, 2.45) is 0 Å². The molecule has 4 aromatic rings. The molecule has 1 atom stereocenters. The zero-order chi connectivity index (χ0) is 24.7. The molecule has 1 saturated heterocycles. The summed E-state index contributed by atoms with van der Waals surface area (Å²) in [6, 6.07) is 18.7. The van der Waals surface area contributed by atoms with Gasteiger partial charge in [0, 0.05) is 28.9 Å². The lowest BCUT2D eigenvalue weighted by Gasteiger charge is -2.22. The molecule has 9 nitrogen and oxygen atoms in total. The number of ether oxygens (including phenoxy) is 1. The molecule has 0 bridgehead atoms. The number of aromatic nitrogens is 4. The monoisotopic (exact) mass is 520 g/mol. The van der Waals surface area contributed by atoms with Gasteiger partial charge in [-0.15, -0.1) is 16.4 Å². The van der Waals surface area contributed by atoms with Gasteiger partial charge in [-0.1, -0.05) is 72.4 Å². The van der Waals surface area contributed by atoms with Crippen molar-refractivity contribution in [1.29, 1.82) is 0 Å². The average Bonchev–Trinajstić information content (AvgIpc) is 3.68. The molecule has 1 fully saturated rings. The second kappa shape index (κ2) is 11.4. The van der Waals surface area contributed by atoms with Crippen LogP contribution in [0.3, 0.4) is 0 Å². The van der Waals surface area contributed by atoms with E-state index in [9.17, 15) is 9.59 Å². The van der Waals surface area contributed by atoms with Crippen LogP contribution in [0.1, 0.15) is 23.3 Å². The number of amides is 2. The number of carbonyl (C=O) groups is 2. The molecule has 2 aromatic carbocycles. The molecule has 5 rings (SSSR count). The van der Waals surface area contributed by atoms with E-state index in [4.69, 9.17) is 4.74 Å². The van der Waals surface area contributed by atoms with E-state index in [0.29, 0.717) is 29.0 Å². The van der Waals surface area contributed by atoms with Crippen molar-refractivity contribution in [3.63, 3.8) is 0 Å². The Bertz CT molecular complexity index is 1310. The second-order valence-corrected chi connectivity index (χ2v) is 10.2. The Kier molecular flexibility index (Phi) is 7.58. The third-order valence-corrected chi connectivity index (χ3v) is 7.63. The SMILES string of the molecule is O=C(Nc1ncc(CSc2n[nH]c(-c3ccccc3)n2)s1)[C@H]1CCCN1C(=O)OCc1ccccc1. The van der Waals surface area contributed by atoms with E-state index in [0.717, 1.165) is 28.2 Å². The van der Waals surface area contributed by atoms with Crippen molar-refractivity contribution in [3.8, 4) is 11.4 Å². The summed E-state index contributed by atoms with van der Waals surface area (Å²) in [5.74, 6) is 1.10. The quantitative estimate of drug-likeness (QED) is 0.316.